The molecule has 0 radical (unpaired) electrons. The number of amides is 1. The summed E-state index contributed by atoms with van der Waals surface area (Å²) in [5.74, 6) is 1.71. The molecule has 142 valence electrons. The first-order valence-electron chi connectivity index (χ1n) is 9.51. The molecule has 27 heavy (non-hydrogen) atoms. The van der Waals surface area contributed by atoms with Crippen molar-refractivity contribution in [2.45, 2.75) is 38.3 Å². The van der Waals surface area contributed by atoms with Crippen LogP contribution in [0.5, 0.6) is 11.5 Å². The molecule has 0 unspecified atom stereocenters. The third-order valence-corrected chi connectivity index (χ3v) is 5.37. The summed E-state index contributed by atoms with van der Waals surface area (Å²) in [6, 6.07) is 13.7. The number of rotatable bonds is 6. The summed E-state index contributed by atoms with van der Waals surface area (Å²) in [5, 5.41) is 12.8. The Labute approximate surface area is 159 Å². The first-order valence-corrected chi connectivity index (χ1v) is 9.51. The van der Waals surface area contributed by atoms with Crippen LogP contribution in [0.2, 0.25) is 0 Å². The number of carbonyl (C=O) groups is 1. The molecule has 0 aromatic heterocycles. The SMILES string of the molecule is Cc1cccc(OCC(=O)N[C@@H](c2ccc3c(c2)CCO3)C2CC(O)C2)c1. The molecule has 1 saturated carbocycles. The van der Waals surface area contributed by atoms with Crippen LogP contribution in [0.15, 0.2) is 42.5 Å². The molecule has 0 saturated heterocycles. The fraction of sp³-hybridized carbons (Fsp3) is 0.409. The largest absolute Gasteiger partial charge is 0.493 e. The summed E-state index contributed by atoms with van der Waals surface area (Å²) in [4.78, 5) is 12.5. The van der Waals surface area contributed by atoms with E-state index < -0.39 is 0 Å². The maximum absolute atomic E-state index is 12.5. The summed E-state index contributed by atoms with van der Waals surface area (Å²) in [6.45, 7) is 2.67. The van der Waals surface area contributed by atoms with Crippen LogP contribution in [-0.4, -0.2) is 30.3 Å². The van der Waals surface area contributed by atoms with Gasteiger partial charge in [0, 0.05) is 6.42 Å². The minimum atomic E-state index is -0.268. The Bertz CT molecular complexity index is 829. The molecule has 2 aromatic carbocycles. The van der Waals surface area contributed by atoms with Gasteiger partial charge in [0.2, 0.25) is 0 Å². The molecular formula is C22H25NO4. The average molecular weight is 367 g/mol. The molecule has 1 aliphatic heterocycles. The van der Waals surface area contributed by atoms with E-state index in [1.165, 1.54) is 5.56 Å². The van der Waals surface area contributed by atoms with Crippen LogP contribution in [0.25, 0.3) is 0 Å². The predicted molar refractivity (Wildman–Crippen MR) is 102 cm³/mol. The van der Waals surface area contributed by atoms with Crippen LogP contribution >= 0.6 is 0 Å². The summed E-state index contributed by atoms with van der Waals surface area (Å²) >= 11 is 0. The second kappa shape index (κ2) is 7.61. The van der Waals surface area contributed by atoms with Crippen LogP contribution in [0.3, 0.4) is 0 Å². The monoisotopic (exact) mass is 367 g/mol. The molecule has 5 nitrogen and oxygen atoms in total. The number of aryl methyl sites for hydroxylation is 1. The van der Waals surface area contributed by atoms with Crippen molar-refractivity contribution in [2.75, 3.05) is 13.2 Å². The van der Waals surface area contributed by atoms with Gasteiger partial charge in [-0.05, 0) is 66.6 Å². The van der Waals surface area contributed by atoms with Gasteiger partial charge in [-0.2, -0.15) is 0 Å². The molecule has 2 aromatic rings. The zero-order valence-corrected chi connectivity index (χ0v) is 15.5. The van der Waals surface area contributed by atoms with E-state index in [0.717, 1.165) is 23.3 Å². The Kier molecular flexibility index (Phi) is 5.03. The molecule has 0 spiro atoms. The fourth-order valence-corrected chi connectivity index (χ4v) is 3.84. The number of ether oxygens (including phenoxy) is 2. The molecule has 2 N–H and O–H groups in total. The first-order chi connectivity index (χ1) is 13.1. The third-order valence-electron chi connectivity index (χ3n) is 5.37. The lowest BCUT2D eigenvalue weighted by atomic mass is 9.75. The van der Waals surface area contributed by atoms with Crippen molar-refractivity contribution >= 4 is 5.91 Å². The van der Waals surface area contributed by atoms with E-state index in [0.29, 0.717) is 25.2 Å². The van der Waals surface area contributed by atoms with Gasteiger partial charge in [-0.1, -0.05) is 18.2 Å². The van der Waals surface area contributed by atoms with Crippen molar-refractivity contribution in [3.63, 3.8) is 0 Å². The molecule has 1 atom stereocenters. The van der Waals surface area contributed by atoms with Gasteiger partial charge in [-0.3, -0.25) is 4.79 Å². The standard InChI is InChI=1S/C22H25NO4/c1-14-3-2-4-19(9-14)27-13-21(25)23-22(17-11-18(24)12-17)16-5-6-20-15(10-16)7-8-26-20/h2-6,9-10,17-18,22,24H,7-8,11-13H2,1H3,(H,23,25)/t17?,18?,22-/m0/s1. The van der Waals surface area contributed by atoms with Crippen LogP contribution in [0.1, 0.15) is 35.6 Å². The molecule has 5 heteroatoms. The minimum absolute atomic E-state index is 0.0245. The van der Waals surface area contributed by atoms with Gasteiger partial charge < -0.3 is 19.9 Å². The summed E-state index contributed by atoms with van der Waals surface area (Å²) in [5.41, 5.74) is 3.34. The van der Waals surface area contributed by atoms with Crippen LogP contribution in [0, 0.1) is 12.8 Å². The van der Waals surface area contributed by atoms with Gasteiger partial charge in [-0.25, -0.2) is 0 Å². The Morgan fingerprint density at radius 1 is 1.30 bits per heavy atom. The van der Waals surface area contributed by atoms with Crippen LogP contribution < -0.4 is 14.8 Å². The minimum Gasteiger partial charge on any atom is -0.493 e. The van der Waals surface area contributed by atoms with E-state index in [2.05, 4.69) is 11.4 Å². The molecular weight excluding hydrogens is 342 g/mol. The predicted octanol–water partition coefficient (Wildman–Crippen LogP) is 2.94. The normalized spacial score (nSPS) is 21.6. The zero-order valence-electron chi connectivity index (χ0n) is 15.5. The number of benzene rings is 2. The second-order valence-corrected chi connectivity index (χ2v) is 7.50. The van der Waals surface area contributed by atoms with Gasteiger partial charge >= 0.3 is 0 Å². The highest BCUT2D eigenvalue weighted by molar-refractivity contribution is 5.78. The lowest BCUT2D eigenvalue weighted by Gasteiger charge is -2.38. The number of aliphatic hydroxyl groups is 1. The number of hydrogen-bond acceptors (Lipinski definition) is 4. The van der Waals surface area contributed by atoms with Crippen molar-refractivity contribution in [1.29, 1.82) is 0 Å². The van der Waals surface area contributed by atoms with Crippen molar-refractivity contribution in [1.82, 2.24) is 5.32 Å². The van der Waals surface area contributed by atoms with E-state index in [4.69, 9.17) is 9.47 Å². The lowest BCUT2D eigenvalue weighted by Crippen LogP contribution is -2.42. The maximum atomic E-state index is 12.5. The summed E-state index contributed by atoms with van der Waals surface area (Å²) in [7, 11) is 0. The van der Waals surface area contributed by atoms with Gasteiger partial charge in [0.25, 0.3) is 5.91 Å². The van der Waals surface area contributed by atoms with Crippen molar-refractivity contribution in [2.24, 2.45) is 5.92 Å². The Morgan fingerprint density at radius 2 is 2.15 bits per heavy atom. The highest BCUT2D eigenvalue weighted by atomic mass is 16.5. The number of aliphatic hydroxyl groups excluding tert-OH is 1. The van der Waals surface area contributed by atoms with Crippen molar-refractivity contribution < 1.29 is 19.4 Å². The first kappa shape index (κ1) is 17.9. The fourth-order valence-electron chi connectivity index (χ4n) is 3.84. The number of nitrogens with one attached hydrogen (secondary N) is 1. The molecule has 1 aliphatic carbocycles. The highest BCUT2D eigenvalue weighted by Gasteiger charge is 2.36. The smallest absolute Gasteiger partial charge is 0.258 e. The third kappa shape index (κ3) is 4.08. The number of fused-ring (bicyclic) bond motifs is 1. The zero-order chi connectivity index (χ0) is 18.8. The van der Waals surface area contributed by atoms with E-state index >= 15 is 0 Å². The molecule has 1 fully saturated rings. The van der Waals surface area contributed by atoms with Gasteiger partial charge in [0.05, 0.1) is 18.8 Å². The molecule has 0 bridgehead atoms. The average Bonchev–Trinajstić information content (AvgIpc) is 3.10. The van der Waals surface area contributed by atoms with E-state index in [-0.39, 0.29) is 30.6 Å². The molecule has 1 heterocycles. The molecule has 4 rings (SSSR count). The summed E-state index contributed by atoms with van der Waals surface area (Å²) < 4.78 is 11.2. The number of carbonyl (C=O) groups excluding carboxylic acids is 1. The quantitative estimate of drug-likeness (QED) is 0.824. The van der Waals surface area contributed by atoms with Crippen LogP contribution in [0.4, 0.5) is 0 Å². The lowest BCUT2D eigenvalue weighted by molar-refractivity contribution is -0.125. The molecule has 1 amide bonds. The van der Waals surface area contributed by atoms with E-state index in [9.17, 15) is 9.90 Å². The topological polar surface area (TPSA) is 67.8 Å². The highest BCUT2D eigenvalue weighted by Crippen LogP contribution is 2.39. The van der Waals surface area contributed by atoms with E-state index in [1.807, 2.05) is 43.3 Å². The Morgan fingerprint density at radius 3 is 2.93 bits per heavy atom. The van der Waals surface area contributed by atoms with Gasteiger partial charge in [-0.15, -0.1) is 0 Å². The van der Waals surface area contributed by atoms with Crippen molar-refractivity contribution in [3.8, 4) is 11.5 Å². The van der Waals surface area contributed by atoms with Crippen LogP contribution in [-0.2, 0) is 11.2 Å². The summed E-state index contributed by atoms with van der Waals surface area (Å²) in [6.07, 6.45) is 2.04. The Balaban J connectivity index is 1.44. The van der Waals surface area contributed by atoms with Gasteiger partial charge in [0.15, 0.2) is 6.61 Å². The second-order valence-electron chi connectivity index (χ2n) is 7.50. The molecule has 2 aliphatic rings. The maximum Gasteiger partial charge on any atom is 0.258 e. The van der Waals surface area contributed by atoms with Crippen molar-refractivity contribution in [3.05, 3.63) is 59.2 Å². The Hall–Kier alpha value is -2.53. The van der Waals surface area contributed by atoms with E-state index in [1.54, 1.807) is 0 Å². The number of hydrogen-bond donors (Lipinski definition) is 2. The van der Waals surface area contributed by atoms with Gasteiger partial charge in [0.1, 0.15) is 11.5 Å².